The van der Waals surface area contributed by atoms with Crippen LogP contribution in [0.1, 0.15) is 5.56 Å². The lowest BCUT2D eigenvalue weighted by molar-refractivity contribution is -0.137. The lowest BCUT2D eigenvalue weighted by Gasteiger charge is -2.11. The van der Waals surface area contributed by atoms with Gasteiger partial charge in [0.15, 0.2) is 0 Å². The lowest BCUT2D eigenvalue weighted by Crippen LogP contribution is -2.04. The Kier molecular flexibility index (Phi) is 3.55. The molecule has 0 unspecified atom stereocenters. The van der Waals surface area contributed by atoms with E-state index in [-0.39, 0.29) is 5.02 Å². The van der Waals surface area contributed by atoms with Gasteiger partial charge in [0.1, 0.15) is 0 Å². The molecule has 0 aliphatic heterocycles. The van der Waals surface area contributed by atoms with Gasteiger partial charge < -0.3 is 0 Å². The summed E-state index contributed by atoms with van der Waals surface area (Å²) in [5, 5.41) is 0.410. The van der Waals surface area contributed by atoms with Gasteiger partial charge in [-0.25, -0.2) is 0 Å². The van der Waals surface area contributed by atoms with Crippen LogP contribution in [0.25, 0.3) is 11.1 Å². The molecule has 0 amide bonds. The van der Waals surface area contributed by atoms with Crippen LogP contribution in [0.15, 0.2) is 42.5 Å². The van der Waals surface area contributed by atoms with Gasteiger partial charge in [0.2, 0.25) is 0 Å². The summed E-state index contributed by atoms with van der Waals surface area (Å²) in [4.78, 5) is 0. The van der Waals surface area contributed by atoms with E-state index >= 15 is 0 Å². The molecule has 5 heteroatoms. The van der Waals surface area contributed by atoms with Crippen LogP contribution in [0, 0.1) is 0 Å². The van der Waals surface area contributed by atoms with E-state index in [1.165, 1.54) is 6.07 Å². The summed E-state index contributed by atoms with van der Waals surface area (Å²) >= 11 is 11.7. The van der Waals surface area contributed by atoms with Gasteiger partial charge in [-0.05, 0) is 29.8 Å². The molecular formula is C13H7Cl2F3. The second kappa shape index (κ2) is 4.82. The number of hydrogen-bond acceptors (Lipinski definition) is 0. The molecule has 0 aliphatic carbocycles. The maximum Gasteiger partial charge on any atom is 0.416 e. The fourth-order valence-corrected chi connectivity index (χ4v) is 2.08. The molecule has 0 atom stereocenters. The molecule has 2 aromatic rings. The molecular weight excluding hydrogens is 284 g/mol. The lowest BCUT2D eigenvalue weighted by atomic mass is 10.0. The van der Waals surface area contributed by atoms with Crippen molar-refractivity contribution in [2.75, 3.05) is 0 Å². The Balaban J connectivity index is 2.60. The molecule has 94 valence electrons. The van der Waals surface area contributed by atoms with Crippen molar-refractivity contribution in [3.05, 3.63) is 58.1 Å². The molecule has 0 heterocycles. The van der Waals surface area contributed by atoms with Crippen LogP contribution in [0.3, 0.4) is 0 Å². The maximum atomic E-state index is 12.7. The molecule has 0 bridgehead atoms. The molecule has 2 rings (SSSR count). The van der Waals surface area contributed by atoms with Crippen LogP contribution >= 0.6 is 23.2 Å². The van der Waals surface area contributed by atoms with Gasteiger partial charge >= 0.3 is 6.18 Å². The summed E-state index contributed by atoms with van der Waals surface area (Å²) in [5.74, 6) is 0. The summed E-state index contributed by atoms with van der Waals surface area (Å²) < 4.78 is 38.0. The van der Waals surface area contributed by atoms with Gasteiger partial charge in [-0.1, -0.05) is 41.4 Å². The second-order valence-corrected chi connectivity index (χ2v) is 4.55. The Morgan fingerprint density at radius 2 is 1.56 bits per heavy atom. The summed E-state index contributed by atoms with van der Waals surface area (Å²) in [6.07, 6.45) is -4.43. The number of rotatable bonds is 1. The van der Waals surface area contributed by atoms with E-state index in [9.17, 15) is 13.2 Å². The fraction of sp³-hybridized carbons (Fsp3) is 0.0769. The minimum Gasteiger partial charge on any atom is -0.166 e. The van der Waals surface area contributed by atoms with Gasteiger partial charge in [0, 0.05) is 15.6 Å². The van der Waals surface area contributed by atoms with Crippen LogP contribution < -0.4 is 0 Å². The van der Waals surface area contributed by atoms with Crippen LogP contribution in [-0.2, 0) is 6.18 Å². The third-order valence-corrected chi connectivity index (χ3v) is 2.96. The van der Waals surface area contributed by atoms with E-state index in [4.69, 9.17) is 23.2 Å². The average Bonchev–Trinajstić information content (AvgIpc) is 2.27. The highest BCUT2D eigenvalue weighted by atomic mass is 35.5. The van der Waals surface area contributed by atoms with Crippen molar-refractivity contribution >= 4 is 23.2 Å². The predicted molar refractivity (Wildman–Crippen MR) is 66.9 cm³/mol. The zero-order chi connectivity index (χ0) is 13.3. The summed E-state index contributed by atoms with van der Waals surface area (Å²) in [6.45, 7) is 0. The Morgan fingerprint density at radius 3 is 2.17 bits per heavy atom. The van der Waals surface area contributed by atoms with Gasteiger partial charge in [-0.2, -0.15) is 13.2 Å². The molecule has 0 fully saturated rings. The molecule has 0 spiro atoms. The van der Waals surface area contributed by atoms with Crippen LogP contribution in [0.2, 0.25) is 10.0 Å². The first-order valence-corrected chi connectivity index (χ1v) is 5.76. The number of benzene rings is 2. The number of alkyl halides is 3. The maximum absolute atomic E-state index is 12.7. The van der Waals surface area contributed by atoms with Crippen molar-refractivity contribution in [3.8, 4) is 11.1 Å². The fourth-order valence-electron chi connectivity index (χ4n) is 1.60. The first-order valence-electron chi connectivity index (χ1n) is 5.00. The molecule has 0 N–H and O–H groups in total. The molecule has 0 radical (unpaired) electrons. The van der Waals surface area contributed by atoms with Crippen molar-refractivity contribution in [3.63, 3.8) is 0 Å². The predicted octanol–water partition coefficient (Wildman–Crippen LogP) is 5.68. The Morgan fingerprint density at radius 1 is 0.889 bits per heavy atom. The van der Waals surface area contributed by atoms with E-state index in [1.54, 1.807) is 24.3 Å². The molecule has 0 aromatic heterocycles. The van der Waals surface area contributed by atoms with Gasteiger partial charge in [-0.3, -0.25) is 0 Å². The topological polar surface area (TPSA) is 0 Å². The average molecular weight is 291 g/mol. The quantitative estimate of drug-likeness (QED) is 0.634. The monoisotopic (exact) mass is 290 g/mol. The summed E-state index contributed by atoms with van der Waals surface area (Å²) in [7, 11) is 0. The molecule has 2 aromatic carbocycles. The van der Waals surface area contributed by atoms with Crippen LogP contribution in [-0.4, -0.2) is 0 Å². The van der Waals surface area contributed by atoms with Crippen molar-refractivity contribution in [1.29, 1.82) is 0 Å². The molecule has 18 heavy (non-hydrogen) atoms. The molecule has 0 aliphatic rings. The van der Waals surface area contributed by atoms with E-state index in [2.05, 4.69) is 0 Å². The molecule has 0 saturated heterocycles. The van der Waals surface area contributed by atoms with Crippen molar-refractivity contribution in [2.24, 2.45) is 0 Å². The highest BCUT2D eigenvalue weighted by Gasteiger charge is 2.31. The highest BCUT2D eigenvalue weighted by Crippen LogP contribution is 2.36. The van der Waals surface area contributed by atoms with Crippen molar-refractivity contribution in [1.82, 2.24) is 0 Å². The standard InChI is InChI=1S/C13H7Cl2F3/c14-10-6-8(5-9(7-10)13(16,17)18)11-3-1-2-4-12(11)15/h1-7H. The van der Waals surface area contributed by atoms with Gasteiger partial charge in [0.25, 0.3) is 0 Å². The van der Waals surface area contributed by atoms with Crippen LogP contribution in [0.5, 0.6) is 0 Å². The molecule has 0 nitrogen and oxygen atoms in total. The Labute approximate surface area is 112 Å². The number of hydrogen-bond donors (Lipinski definition) is 0. The number of halogens is 5. The SMILES string of the molecule is FC(F)(F)c1cc(Cl)cc(-c2ccccc2Cl)c1. The van der Waals surface area contributed by atoms with E-state index in [0.717, 1.165) is 12.1 Å². The Bertz CT molecular complexity index is 577. The zero-order valence-corrected chi connectivity index (χ0v) is 10.4. The van der Waals surface area contributed by atoms with Gasteiger partial charge in [0.05, 0.1) is 5.56 Å². The normalized spacial score (nSPS) is 11.6. The van der Waals surface area contributed by atoms with Crippen molar-refractivity contribution < 1.29 is 13.2 Å². The summed E-state index contributed by atoms with van der Waals surface area (Å²) in [5.41, 5.74) is 0.0810. The van der Waals surface area contributed by atoms with E-state index in [0.29, 0.717) is 16.1 Å². The first-order chi connectivity index (χ1) is 8.38. The van der Waals surface area contributed by atoms with Crippen molar-refractivity contribution in [2.45, 2.75) is 6.18 Å². The highest BCUT2D eigenvalue weighted by molar-refractivity contribution is 6.33. The second-order valence-electron chi connectivity index (χ2n) is 3.71. The van der Waals surface area contributed by atoms with Gasteiger partial charge in [-0.15, -0.1) is 0 Å². The minimum atomic E-state index is -4.43. The van der Waals surface area contributed by atoms with E-state index in [1.807, 2.05) is 0 Å². The first kappa shape index (κ1) is 13.2. The minimum absolute atomic E-state index is 0.0275. The summed E-state index contributed by atoms with van der Waals surface area (Å²) in [6, 6.07) is 10.1. The smallest absolute Gasteiger partial charge is 0.166 e. The van der Waals surface area contributed by atoms with E-state index < -0.39 is 11.7 Å². The third kappa shape index (κ3) is 2.79. The third-order valence-electron chi connectivity index (χ3n) is 2.41. The zero-order valence-electron chi connectivity index (χ0n) is 8.93. The Hall–Kier alpha value is -1.19. The molecule has 0 saturated carbocycles. The largest absolute Gasteiger partial charge is 0.416 e. The van der Waals surface area contributed by atoms with Crippen LogP contribution in [0.4, 0.5) is 13.2 Å².